The van der Waals surface area contributed by atoms with E-state index in [2.05, 4.69) is 0 Å². The number of carboxylic acid groups (broad SMARTS) is 1. The molecule has 104 valence electrons. The number of hydrogen-bond acceptors (Lipinski definition) is 4. The number of urea groups is 1. The molecular weight excluding hydrogens is 256 g/mol. The molecule has 1 N–H and O–H groups in total. The van der Waals surface area contributed by atoms with Crippen molar-refractivity contribution >= 4 is 23.8 Å². The van der Waals surface area contributed by atoms with Gasteiger partial charge < -0.3 is 19.6 Å². The van der Waals surface area contributed by atoms with E-state index in [0.29, 0.717) is 13.2 Å². The van der Waals surface area contributed by atoms with E-state index in [4.69, 9.17) is 9.84 Å². The average molecular weight is 276 g/mol. The quantitative estimate of drug-likeness (QED) is 0.813. The Morgan fingerprint density at radius 3 is 2.83 bits per heavy atom. The Morgan fingerprint density at radius 2 is 2.28 bits per heavy atom. The highest BCUT2D eigenvalue weighted by Crippen LogP contribution is 2.13. The van der Waals surface area contributed by atoms with Gasteiger partial charge in [0, 0.05) is 25.4 Å². The zero-order chi connectivity index (χ0) is 13.7. The minimum absolute atomic E-state index is 0.0613. The van der Waals surface area contributed by atoms with E-state index in [1.165, 1.54) is 4.90 Å². The van der Waals surface area contributed by atoms with Crippen LogP contribution in [0.15, 0.2) is 0 Å². The Morgan fingerprint density at radius 1 is 1.61 bits per heavy atom. The molecule has 2 unspecified atom stereocenters. The van der Waals surface area contributed by atoms with Crippen LogP contribution in [0.5, 0.6) is 0 Å². The van der Waals surface area contributed by atoms with E-state index in [1.807, 2.05) is 13.2 Å². The molecule has 0 aromatic heterocycles. The summed E-state index contributed by atoms with van der Waals surface area (Å²) in [5.74, 6) is -0.196. The lowest BCUT2D eigenvalue weighted by atomic mass is 10.2. The molecule has 0 spiro atoms. The lowest BCUT2D eigenvalue weighted by molar-refractivity contribution is -0.147. The fraction of sp³-hybridized carbons (Fsp3) is 0.818. The molecule has 1 aliphatic heterocycles. The highest BCUT2D eigenvalue weighted by Gasteiger charge is 2.35. The van der Waals surface area contributed by atoms with Gasteiger partial charge in [0.2, 0.25) is 0 Å². The predicted octanol–water partition coefficient (Wildman–Crippen LogP) is 0.575. The van der Waals surface area contributed by atoms with Crippen molar-refractivity contribution in [2.24, 2.45) is 0 Å². The summed E-state index contributed by atoms with van der Waals surface area (Å²) in [5.41, 5.74) is 0. The summed E-state index contributed by atoms with van der Waals surface area (Å²) in [6.07, 6.45) is 1.98. The number of nitrogens with zero attached hydrogens (tertiary/aromatic N) is 2. The van der Waals surface area contributed by atoms with Gasteiger partial charge in [0.15, 0.2) is 6.04 Å². The summed E-state index contributed by atoms with van der Waals surface area (Å²) in [5, 5.41) is 9.08. The van der Waals surface area contributed by atoms with Gasteiger partial charge in [0.25, 0.3) is 0 Å². The molecule has 0 aliphatic carbocycles. The lowest BCUT2D eigenvalue weighted by Crippen LogP contribution is -2.57. The van der Waals surface area contributed by atoms with E-state index in [1.54, 1.807) is 23.7 Å². The maximum atomic E-state index is 12.3. The van der Waals surface area contributed by atoms with Gasteiger partial charge in [-0.15, -0.1) is 0 Å². The van der Waals surface area contributed by atoms with E-state index >= 15 is 0 Å². The first-order valence-electron chi connectivity index (χ1n) is 5.82. The molecule has 18 heavy (non-hydrogen) atoms. The molecule has 0 radical (unpaired) electrons. The normalized spacial score (nSPS) is 21.5. The molecule has 6 nitrogen and oxygen atoms in total. The molecule has 1 saturated heterocycles. The third kappa shape index (κ3) is 3.52. The van der Waals surface area contributed by atoms with Crippen LogP contribution in [0, 0.1) is 0 Å². The molecule has 2 amide bonds. The minimum Gasteiger partial charge on any atom is -0.480 e. The second kappa shape index (κ2) is 6.84. The Kier molecular flexibility index (Phi) is 5.74. The Bertz CT molecular complexity index is 313. The molecule has 1 aliphatic rings. The third-order valence-electron chi connectivity index (χ3n) is 3.03. The van der Waals surface area contributed by atoms with Gasteiger partial charge in [-0.2, -0.15) is 11.8 Å². The van der Waals surface area contributed by atoms with Crippen LogP contribution in [0.3, 0.4) is 0 Å². The smallest absolute Gasteiger partial charge is 0.328 e. The number of amides is 2. The van der Waals surface area contributed by atoms with Gasteiger partial charge in [-0.05, 0) is 13.2 Å². The van der Waals surface area contributed by atoms with Gasteiger partial charge in [0.05, 0.1) is 13.2 Å². The monoisotopic (exact) mass is 276 g/mol. The van der Waals surface area contributed by atoms with Gasteiger partial charge >= 0.3 is 12.0 Å². The van der Waals surface area contributed by atoms with Crippen LogP contribution in [-0.4, -0.2) is 77.8 Å². The number of carbonyl (C=O) groups excluding carboxylic acids is 1. The van der Waals surface area contributed by atoms with Crippen molar-refractivity contribution in [3.05, 3.63) is 0 Å². The Labute approximate surface area is 111 Å². The number of carboxylic acids is 1. The standard InChI is InChI=1S/C11H20N2O4S/c1-8(7-18-3)12(2)11(16)13-4-5-17-6-9(13)10(14)15/h8-9H,4-7H2,1-3H3,(H,14,15). The van der Waals surface area contributed by atoms with Crippen LogP contribution in [0.25, 0.3) is 0 Å². The average Bonchev–Trinajstić information content (AvgIpc) is 2.37. The van der Waals surface area contributed by atoms with Crippen LogP contribution >= 0.6 is 11.8 Å². The van der Waals surface area contributed by atoms with E-state index in [9.17, 15) is 9.59 Å². The summed E-state index contributed by atoms with van der Waals surface area (Å²) in [7, 11) is 1.71. The predicted molar refractivity (Wildman–Crippen MR) is 70.0 cm³/mol. The van der Waals surface area contributed by atoms with Gasteiger partial charge in [-0.3, -0.25) is 0 Å². The second-order valence-electron chi connectivity index (χ2n) is 4.32. The maximum Gasteiger partial charge on any atom is 0.328 e. The zero-order valence-electron chi connectivity index (χ0n) is 11.0. The van der Waals surface area contributed by atoms with Gasteiger partial charge in [0.1, 0.15) is 0 Å². The van der Waals surface area contributed by atoms with E-state index in [0.717, 1.165) is 5.75 Å². The van der Waals surface area contributed by atoms with Crippen LogP contribution in [0.1, 0.15) is 6.92 Å². The molecular formula is C11H20N2O4S. The minimum atomic E-state index is -1.02. The van der Waals surface area contributed by atoms with Gasteiger partial charge in [-0.1, -0.05) is 0 Å². The number of hydrogen-bond donors (Lipinski definition) is 1. The first kappa shape index (κ1) is 15.1. The lowest BCUT2D eigenvalue weighted by Gasteiger charge is -2.37. The molecule has 0 aromatic rings. The Hall–Kier alpha value is -0.950. The van der Waals surface area contributed by atoms with Crippen molar-refractivity contribution in [2.45, 2.75) is 19.0 Å². The third-order valence-corrected chi connectivity index (χ3v) is 3.85. The van der Waals surface area contributed by atoms with Crippen LogP contribution in [-0.2, 0) is 9.53 Å². The molecule has 7 heteroatoms. The zero-order valence-corrected chi connectivity index (χ0v) is 11.8. The summed E-state index contributed by atoms with van der Waals surface area (Å²) < 4.78 is 5.11. The number of morpholine rings is 1. The highest BCUT2D eigenvalue weighted by molar-refractivity contribution is 7.98. The number of rotatable bonds is 4. The van der Waals surface area contributed by atoms with Crippen LogP contribution < -0.4 is 0 Å². The number of thioether (sulfide) groups is 1. The highest BCUT2D eigenvalue weighted by atomic mass is 32.2. The Balaban J connectivity index is 2.70. The largest absolute Gasteiger partial charge is 0.480 e. The van der Waals surface area contributed by atoms with Crippen molar-refractivity contribution in [2.75, 3.05) is 38.8 Å². The maximum absolute atomic E-state index is 12.3. The summed E-state index contributed by atoms with van der Waals surface area (Å²) in [4.78, 5) is 26.3. The second-order valence-corrected chi connectivity index (χ2v) is 5.23. The number of ether oxygens (including phenoxy) is 1. The first-order valence-corrected chi connectivity index (χ1v) is 7.21. The number of carbonyl (C=O) groups is 2. The van der Waals surface area contributed by atoms with Crippen molar-refractivity contribution in [1.82, 2.24) is 9.80 Å². The van der Waals surface area contributed by atoms with Crippen molar-refractivity contribution in [1.29, 1.82) is 0 Å². The van der Waals surface area contributed by atoms with Crippen molar-refractivity contribution in [3.8, 4) is 0 Å². The molecule has 0 aromatic carbocycles. The molecule has 1 rings (SSSR count). The fourth-order valence-electron chi connectivity index (χ4n) is 1.78. The summed E-state index contributed by atoms with van der Waals surface area (Å²) >= 11 is 1.66. The first-order chi connectivity index (χ1) is 8.49. The van der Waals surface area contributed by atoms with E-state index < -0.39 is 12.0 Å². The summed E-state index contributed by atoms with van der Waals surface area (Å²) in [6.45, 7) is 2.73. The molecule has 0 saturated carbocycles. The van der Waals surface area contributed by atoms with Crippen molar-refractivity contribution < 1.29 is 19.4 Å². The van der Waals surface area contributed by atoms with Gasteiger partial charge in [-0.25, -0.2) is 9.59 Å². The molecule has 1 fully saturated rings. The van der Waals surface area contributed by atoms with Crippen molar-refractivity contribution in [3.63, 3.8) is 0 Å². The van der Waals surface area contributed by atoms with Crippen LogP contribution in [0.2, 0.25) is 0 Å². The summed E-state index contributed by atoms with van der Waals surface area (Å²) in [6, 6.07) is -1.05. The molecule has 0 bridgehead atoms. The SMILES string of the molecule is CSCC(C)N(C)C(=O)N1CCOCC1C(=O)O. The van der Waals surface area contributed by atoms with Crippen LogP contribution in [0.4, 0.5) is 4.79 Å². The fourth-order valence-corrected chi connectivity index (χ4v) is 2.49. The molecule has 1 heterocycles. The topological polar surface area (TPSA) is 70.1 Å². The molecule has 2 atom stereocenters. The van der Waals surface area contributed by atoms with E-state index in [-0.39, 0.29) is 18.7 Å². The number of aliphatic carboxylic acids is 1.